The highest BCUT2D eigenvalue weighted by Gasteiger charge is 2.65. The Morgan fingerprint density at radius 2 is 1.81 bits per heavy atom. The highest BCUT2D eigenvalue weighted by atomic mass is 32.5. The van der Waals surface area contributed by atoms with Crippen LogP contribution in [0.3, 0.4) is 0 Å². The Labute approximate surface area is 117 Å². The molecule has 1 aliphatic heterocycles. The van der Waals surface area contributed by atoms with Gasteiger partial charge in [-0.05, 0) is 24.3 Å². The highest BCUT2D eigenvalue weighted by Crippen LogP contribution is 3.02. The summed E-state index contributed by atoms with van der Waals surface area (Å²) in [6.07, 6.45) is 0. The summed E-state index contributed by atoms with van der Waals surface area (Å²) in [5.41, 5.74) is -0.00188. The minimum Gasteiger partial charge on any atom is -0.378 e. The monoisotopic (exact) mass is 332 g/mol. The maximum Gasteiger partial charge on any atom is 0.310 e. The molecule has 1 atom stereocenters. The zero-order chi connectivity index (χ0) is 15.8. The molecule has 21 heavy (non-hydrogen) atoms. The van der Waals surface area contributed by atoms with Crippen molar-refractivity contribution in [2.24, 2.45) is 0 Å². The number of morpholine rings is 1. The Morgan fingerprint density at radius 1 is 1.19 bits per heavy atom. The maximum absolute atomic E-state index is 12.5. The van der Waals surface area contributed by atoms with Crippen LogP contribution in [0.4, 0.5) is 25.1 Å². The van der Waals surface area contributed by atoms with Gasteiger partial charge in [0.2, 0.25) is 5.91 Å². The molecule has 1 saturated heterocycles. The third-order valence-corrected chi connectivity index (χ3v) is 3.97. The second-order valence-corrected chi connectivity index (χ2v) is 6.97. The molecule has 0 aromatic heterocycles. The zero-order valence-corrected chi connectivity index (χ0v) is 11.4. The minimum atomic E-state index is -9.68. The van der Waals surface area contributed by atoms with Gasteiger partial charge in [0.25, 0.3) is 0 Å². The van der Waals surface area contributed by atoms with E-state index in [2.05, 4.69) is 10.6 Å². The SMILES string of the molecule is O=C(Nc1ccc(S(F)(F)(F)(F)F)cc1)C1COCCN1. The first-order chi connectivity index (χ1) is 9.45. The second-order valence-electron chi connectivity index (χ2n) is 4.56. The van der Waals surface area contributed by atoms with Crippen LogP contribution in [0.5, 0.6) is 0 Å². The fourth-order valence-electron chi connectivity index (χ4n) is 1.76. The lowest BCUT2D eigenvalue weighted by atomic mass is 10.2. The molecule has 120 valence electrons. The number of halogens is 5. The van der Waals surface area contributed by atoms with E-state index in [0.29, 0.717) is 13.2 Å². The van der Waals surface area contributed by atoms with Crippen LogP contribution in [-0.4, -0.2) is 31.7 Å². The Morgan fingerprint density at radius 3 is 2.29 bits per heavy atom. The number of hydrogen-bond donors (Lipinski definition) is 2. The fourth-order valence-corrected chi connectivity index (χ4v) is 2.41. The lowest BCUT2D eigenvalue weighted by Gasteiger charge is -2.40. The number of carbonyl (C=O) groups is 1. The summed E-state index contributed by atoms with van der Waals surface area (Å²) in [6.45, 7) is 1.07. The Kier molecular flexibility index (Phi) is 3.47. The lowest BCUT2D eigenvalue weighted by Crippen LogP contribution is -2.48. The van der Waals surface area contributed by atoms with Crippen molar-refractivity contribution in [3.05, 3.63) is 24.3 Å². The molecule has 1 heterocycles. The van der Waals surface area contributed by atoms with Gasteiger partial charge in [0, 0.05) is 12.2 Å². The summed E-state index contributed by atoms with van der Waals surface area (Å²) < 4.78 is 67.7. The summed E-state index contributed by atoms with van der Waals surface area (Å²) in [5, 5.41) is 5.19. The first-order valence-corrected chi connectivity index (χ1v) is 7.87. The van der Waals surface area contributed by atoms with Crippen molar-refractivity contribution >= 4 is 21.8 Å². The number of carbonyl (C=O) groups excluding carboxylic acids is 1. The predicted molar refractivity (Wildman–Crippen MR) is 69.1 cm³/mol. The van der Waals surface area contributed by atoms with E-state index in [9.17, 15) is 24.2 Å². The van der Waals surface area contributed by atoms with Crippen LogP contribution in [0.15, 0.2) is 29.2 Å². The van der Waals surface area contributed by atoms with Crippen molar-refractivity contribution in [3.63, 3.8) is 0 Å². The van der Waals surface area contributed by atoms with Crippen molar-refractivity contribution in [1.82, 2.24) is 5.32 Å². The maximum atomic E-state index is 12.5. The highest BCUT2D eigenvalue weighted by molar-refractivity contribution is 8.45. The number of amides is 1. The van der Waals surface area contributed by atoms with Gasteiger partial charge in [-0.25, -0.2) is 0 Å². The Hall–Kier alpha value is -1.39. The molecule has 10 heteroatoms. The van der Waals surface area contributed by atoms with E-state index in [-0.39, 0.29) is 24.4 Å². The van der Waals surface area contributed by atoms with Gasteiger partial charge in [0.05, 0.1) is 13.2 Å². The van der Waals surface area contributed by atoms with Crippen molar-refractivity contribution in [2.75, 3.05) is 25.1 Å². The predicted octanol–water partition coefficient (Wildman–Crippen LogP) is 3.27. The molecule has 0 saturated carbocycles. The zero-order valence-electron chi connectivity index (χ0n) is 10.6. The fraction of sp³-hybridized carbons (Fsp3) is 0.364. The lowest BCUT2D eigenvalue weighted by molar-refractivity contribution is -0.120. The molecule has 0 spiro atoms. The normalized spacial score (nSPS) is 23.0. The number of anilines is 1. The van der Waals surface area contributed by atoms with E-state index in [1.807, 2.05) is 0 Å². The number of rotatable bonds is 3. The van der Waals surface area contributed by atoms with Gasteiger partial charge in [-0.2, -0.15) is 0 Å². The molecule has 1 aromatic rings. The van der Waals surface area contributed by atoms with Crippen LogP contribution in [0.25, 0.3) is 0 Å². The van der Waals surface area contributed by atoms with E-state index in [1.165, 1.54) is 0 Å². The third kappa shape index (κ3) is 4.29. The quantitative estimate of drug-likeness (QED) is 0.835. The van der Waals surface area contributed by atoms with Gasteiger partial charge in [-0.3, -0.25) is 4.79 Å². The molecule has 1 aromatic carbocycles. The average molecular weight is 332 g/mol. The number of benzene rings is 1. The molecule has 1 unspecified atom stereocenters. The third-order valence-electron chi connectivity index (χ3n) is 2.81. The summed E-state index contributed by atoms with van der Waals surface area (Å²) in [5.74, 6) is -0.505. The minimum absolute atomic E-state index is 0.00188. The number of hydrogen-bond acceptors (Lipinski definition) is 3. The van der Waals surface area contributed by atoms with Crippen LogP contribution in [0.1, 0.15) is 0 Å². The van der Waals surface area contributed by atoms with E-state index in [4.69, 9.17) is 4.74 Å². The first kappa shape index (κ1) is 16.0. The molecular weight excluding hydrogens is 319 g/mol. The van der Waals surface area contributed by atoms with Crippen LogP contribution in [0.2, 0.25) is 0 Å². The van der Waals surface area contributed by atoms with Crippen molar-refractivity contribution in [3.8, 4) is 0 Å². The summed E-state index contributed by atoms with van der Waals surface area (Å²) in [6, 6.07) is 1.45. The van der Waals surface area contributed by atoms with E-state index in [1.54, 1.807) is 0 Å². The van der Waals surface area contributed by atoms with Crippen LogP contribution < -0.4 is 10.6 Å². The summed E-state index contributed by atoms with van der Waals surface area (Å²) in [7, 11) is -9.68. The molecule has 0 bridgehead atoms. The topological polar surface area (TPSA) is 50.4 Å². The smallest absolute Gasteiger partial charge is 0.310 e. The molecule has 0 aliphatic carbocycles. The Bertz CT molecular complexity index is 540. The van der Waals surface area contributed by atoms with Gasteiger partial charge in [0.1, 0.15) is 10.9 Å². The van der Waals surface area contributed by atoms with Gasteiger partial charge < -0.3 is 15.4 Å². The number of nitrogens with one attached hydrogen (secondary N) is 2. The molecule has 4 nitrogen and oxygen atoms in total. The van der Waals surface area contributed by atoms with E-state index < -0.39 is 27.1 Å². The first-order valence-electron chi connectivity index (χ1n) is 5.92. The van der Waals surface area contributed by atoms with Crippen LogP contribution >= 0.6 is 10.2 Å². The number of ether oxygens (including phenoxy) is 1. The molecule has 1 aliphatic rings. The van der Waals surface area contributed by atoms with Crippen molar-refractivity contribution in [1.29, 1.82) is 0 Å². The molecule has 2 N–H and O–H groups in total. The van der Waals surface area contributed by atoms with Crippen molar-refractivity contribution in [2.45, 2.75) is 10.9 Å². The van der Waals surface area contributed by atoms with Gasteiger partial charge >= 0.3 is 10.2 Å². The van der Waals surface area contributed by atoms with Crippen LogP contribution in [-0.2, 0) is 9.53 Å². The molecular formula is C11H13F5N2O2S. The largest absolute Gasteiger partial charge is 0.378 e. The van der Waals surface area contributed by atoms with Gasteiger partial charge in [-0.1, -0.05) is 19.4 Å². The molecule has 0 radical (unpaired) electrons. The molecule has 1 amide bonds. The van der Waals surface area contributed by atoms with E-state index in [0.717, 1.165) is 12.1 Å². The van der Waals surface area contributed by atoms with Gasteiger partial charge in [0.15, 0.2) is 0 Å². The van der Waals surface area contributed by atoms with E-state index >= 15 is 0 Å². The second kappa shape index (κ2) is 4.55. The van der Waals surface area contributed by atoms with Crippen molar-refractivity contribution < 1.29 is 29.0 Å². The summed E-state index contributed by atoms with van der Waals surface area (Å²) in [4.78, 5) is 9.77. The Balaban J connectivity index is 2.08. The molecule has 1 fully saturated rings. The summed E-state index contributed by atoms with van der Waals surface area (Å²) >= 11 is 0. The van der Waals surface area contributed by atoms with Crippen LogP contribution in [0, 0.1) is 0 Å². The average Bonchev–Trinajstić information content (AvgIpc) is 2.37. The van der Waals surface area contributed by atoms with Gasteiger partial charge in [-0.15, -0.1) is 0 Å². The standard InChI is InChI=1S/C11H13F5N2O2S/c12-21(13,14,15,16)9-3-1-8(2-4-9)18-11(19)10-7-20-6-5-17-10/h1-4,10,17H,5-7H2,(H,18,19). The molecule has 2 rings (SSSR count).